The highest BCUT2D eigenvalue weighted by molar-refractivity contribution is 5.79. The van der Waals surface area contributed by atoms with Gasteiger partial charge in [-0.15, -0.1) is 0 Å². The van der Waals surface area contributed by atoms with E-state index in [0.29, 0.717) is 12.3 Å². The molecule has 5 heteroatoms. The van der Waals surface area contributed by atoms with Gasteiger partial charge in [-0.2, -0.15) is 0 Å². The monoisotopic (exact) mass is 216 g/mol. The Morgan fingerprint density at radius 3 is 2.73 bits per heavy atom. The lowest BCUT2D eigenvalue weighted by atomic mass is 10.2. The fourth-order valence-corrected chi connectivity index (χ4v) is 1.16. The summed E-state index contributed by atoms with van der Waals surface area (Å²) in [6, 6.07) is 0. The Kier molecular flexibility index (Phi) is 9.21. The topological polar surface area (TPSA) is 73.9 Å². The smallest absolute Gasteiger partial charge is 0.139 e. The molecule has 4 N–H and O–H groups in total. The molecule has 0 aromatic heterocycles. The Morgan fingerprint density at radius 2 is 2.13 bits per heavy atom. The molecular weight excluding hydrogens is 192 g/mol. The minimum Gasteiger partial charge on any atom is -0.409 e. The number of hydrogen-bond acceptors (Lipinski definition) is 4. The second-order valence-corrected chi connectivity index (χ2v) is 3.69. The van der Waals surface area contributed by atoms with Gasteiger partial charge in [0.15, 0.2) is 0 Å². The highest BCUT2D eigenvalue weighted by Crippen LogP contribution is 1.93. The maximum atomic E-state index is 8.31. The second-order valence-electron chi connectivity index (χ2n) is 3.69. The molecule has 0 aliphatic carbocycles. The van der Waals surface area contributed by atoms with Crippen molar-refractivity contribution in [3.8, 4) is 0 Å². The third kappa shape index (κ3) is 9.49. The Hall–Kier alpha value is -0.810. The van der Waals surface area contributed by atoms with Crippen LogP contribution in [0.2, 0.25) is 0 Å². The first-order chi connectivity index (χ1) is 7.20. The van der Waals surface area contributed by atoms with Gasteiger partial charge in [0.05, 0.1) is 0 Å². The Balaban J connectivity index is 3.12. The summed E-state index contributed by atoms with van der Waals surface area (Å²) in [6.45, 7) is 6.34. The number of rotatable bonds is 9. The van der Waals surface area contributed by atoms with Crippen molar-refractivity contribution < 1.29 is 5.21 Å². The average molecular weight is 216 g/mol. The van der Waals surface area contributed by atoms with E-state index in [0.717, 1.165) is 39.0 Å². The SMILES string of the molecule is CCN(C)CCNCCCCC(N)=NO. The van der Waals surface area contributed by atoms with Gasteiger partial charge in [-0.25, -0.2) is 0 Å². The van der Waals surface area contributed by atoms with Crippen molar-refractivity contribution in [2.45, 2.75) is 26.2 Å². The molecule has 0 aromatic rings. The van der Waals surface area contributed by atoms with Gasteiger partial charge in [0.2, 0.25) is 0 Å². The number of nitrogens with two attached hydrogens (primary N) is 1. The third-order valence-corrected chi connectivity index (χ3v) is 2.38. The van der Waals surface area contributed by atoms with Crippen LogP contribution in [0.15, 0.2) is 5.16 Å². The molecule has 0 atom stereocenters. The zero-order chi connectivity index (χ0) is 11.5. The van der Waals surface area contributed by atoms with Gasteiger partial charge in [-0.3, -0.25) is 0 Å². The highest BCUT2D eigenvalue weighted by Gasteiger charge is 1.95. The molecule has 0 heterocycles. The molecule has 90 valence electrons. The molecule has 0 aromatic carbocycles. The van der Waals surface area contributed by atoms with Gasteiger partial charge in [-0.1, -0.05) is 12.1 Å². The summed E-state index contributed by atoms with van der Waals surface area (Å²) in [4.78, 5) is 2.27. The van der Waals surface area contributed by atoms with E-state index >= 15 is 0 Å². The molecule has 0 saturated heterocycles. The molecule has 0 radical (unpaired) electrons. The van der Waals surface area contributed by atoms with E-state index in [1.165, 1.54) is 0 Å². The van der Waals surface area contributed by atoms with E-state index in [1.54, 1.807) is 0 Å². The average Bonchev–Trinajstić information content (AvgIpc) is 2.26. The summed E-state index contributed by atoms with van der Waals surface area (Å²) in [5, 5.41) is 14.6. The van der Waals surface area contributed by atoms with Gasteiger partial charge in [-0.05, 0) is 33.0 Å². The van der Waals surface area contributed by atoms with Crippen molar-refractivity contribution in [2.75, 3.05) is 33.2 Å². The summed E-state index contributed by atoms with van der Waals surface area (Å²) in [5.41, 5.74) is 5.34. The molecule has 0 saturated carbocycles. The molecule has 5 nitrogen and oxygen atoms in total. The summed E-state index contributed by atoms with van der Waals surface area (Å²) >= 11 is 0. The highest BCUT2D eigenvalue weighted by atomic mass is 16.4. The summed E-state index contributed by atoms with van der Waals surface area (Å²) in [6.07, 6.45) is 2.70. The molecule has 0 amide bonds. The van der Waals surface area contributed by atoms with Crippen LogP contribution in [0.1, 0.15) is 26.2 Å². The zero-order valence-electron chi connectivity index (χ0n) is 9.87. The van der Waals surface area contributed by atoms with E-state index in [9.17, 15) is 0 Å². The standard InChI is InChI=1S/C10H24N4O/c1-3-14(2)9-8-12-7-5-4-6-10(11)13-15/h12,15H,3-9H2,1-2H3,(H2,11,13). The maximum Gasteiger partial charge on any atom is 0.139 e. The van der Waals surface area contributed by atoms with Crippen molar-refractivity contribution in [1.29, 1.82) is 0 Å². The van der Waals surface area contributed by atoms with E-state index in [1.807, 2.05) is 0 Å². The van der Waals surface area contributed by atoms with Crippen LogP contribution in [-0.4, -0.2) is 49.2 Å². The molecule has 0 bridgehead atoms. The predicted octanol–water partition coefficient (Wildman–Crippen LogP) is 0.444. The normalized spacial score (nSPS) is 12.3. The lowest BCUT2D eigenvalue weighted by Gasteiger charge is -2.13. The molecule has 0 spiro atoms. The zero-order valence-corrected chi connectivity index (χ0v) is 9.87. The van der Waals surface area contributed by atoms with Crippen molar-refractivity contribution in [1.82, 2.24) is 10.2 Å². The molecule has 0 unspecified atom stereocenters. The Bertz CT molecular complexity index is 173. The van der Waals surface area contributed by atoms with Crippen LogP contribution in [0, 0.1) is 0 Å². The number of oxime groups is 1. The van der Waals surface area contributed by atoms with Gasteiger partial charge in [0.1, 0.15) is 5.84 Å². The fraction of sp³-hybridized carbons (Fsp3) is 0.900. The molecule has 0 aliphatic rings. The van der Waals surface area contributed by atoms with Crippen molar-refractivity contribution in [3.63, 3.8) is 0 Å². The molecular formula is C10H24N4O. The summed E-state index contributed by atoms with van der Waals surface area (Å²) in [5.74, 6) is 0.320. The number of nitrogens with one attached hydrogen (secondary N) is 1. The summed E-state index contributed by atoms with van der Waals surface area (Å²) < 4.78 is 0. The van der Waals surface area contributed by atoms with Crippen molar-refractivity contribution >= 4 is 5.84 Å². The van der Waals surface area contributed by atoms with Crippen LogP contribution in [0.4, 0.5) is 0 Å². The van der Waals surface area contributed by atoms with Gasteiger partial charge in [0, 0.05) is 19.5 Å². The van der Waals surface area contributed by atoms with Gasteiger partial charge < -0.3 is 21.2 Å². The molecule has 0 aliphatic heterocycles. The first-order valence-electron chi connectivity index (χ1n) is 5.56. The van der Waals surface area contributed by atoms with E-state index in [4.69, 9.17) is 10.9 Å². The van der Waals surface area contributed by atoms with Crippen LogP contribution in [-0.2, 0) is 0 Å². The van der Waals surface area contributed by atoms with Gasteiger partial charge >= 0.3 is 0 Å². The van der Waals surface area contributed by atoms with Crippen molar-refractivity contribution in [3.05, 3.63) is 0 Å². The lowest BCUT2D eigenvalue weighted by Crippen LogP contribution is -2.29. The second kappa shape index (κ2) is 9.73. The predicted molar refractivity (Wildman–Crippen MR) is 63.3 cm³/mol. The van der Waals surface area contributed by atoms with E-state index < -0.39 is 0 Å². The molecule has 15 heavy (non-hydrogen) atoms. The van der Waals surface area contributed by atoms with Crippen molar-refractivity contribution in [2.24, 2.45) is 10.9 Å². The Morgan fingerprint density at radius 1 is 1.40 bits per heavy atom. The Labute approximate surface area is 92.3 Å². The number of hydrogen-bond donors (Lipinski definition) is 3. The van der Waals surface area contributed by atoms with Crippen LogP contribution >= 0.6 is 0 Å². The van der Waals surface area contributed by atoms with E-state index in [-0.39, 0.29) is 0 Å². The maximum absolute atomic E-state index is 8.31. The minimum absolute atomic E-state index is 0.320. The number of likely N-dealkylation sites (N-methyl/N-ethyl adjacent to an activating group) is 1. The minimum atomic E-state index is 0.320. The van der Waals surface area contributed by atoms with Crippen LogP contribution in [0.3, 0.4) is 0 Å². The third-order valence-electron chi connectivity index (χ3n) is 2.38. The lowest BCUT2D eigenvalue weighted by molar-refractivity contribution is 0.316. The van der Waals surface area contributed by atoms with Gasteiger partial charge in [0.25, 0.3) is 0 Å². The first-order valence-corrected chi connectivity index (χ1v) is 5.56. The van der Waals surface area contributed by atoms with Crippen LogP contribution < -0.4 is 11.1 Å². The summed E-state index contributed by atoms with van der Waals surface area (Å²) in [7, 11) is 2.11. The number of nitrogens with zero attached hydrogens (tertiary/aromatic N) is 2. The first kappa shape index (κ1) is 14.2. The van der Waals surface area contributed by atoms with E-state index in [2.05, 4.69) is 29.3 Å². The number of unbranched alkanes of at least 4 members (excludes halogenated alkanes) is 1. The fourth-order valence-electron chi connectivity index (χ4n) is 1.16. The quantitative estimate of drug-likeness (QED) is 0.172. The van der Waals surface area contributed by atoms with Crippen LogP contribution in [0.25, 0.3) is 0 Å². The molecule has 0 rings (SSSR count). The largest absolute Gasteiger partial charge is 0.409 e. The molecule has 0 fully saturated rings. The van der Waals surface area contributed by atoms with Crippen LogP contribution in [0.5, 0.6) is 0 Å². The number of amidine groups is 1.